The zero-order chi connectivity index (χ0) is 41.9. The average Bonchev–Trinajstić information content (AvgIpc) is 3.28. The number of benzene rings is 8. The van der Waals surface area contributed by atoms with Crippen molar-refractivity contribution in [3.8, 4) is 44.5 Å². The van der Waals surface area contributed by atoms with Gasteiger partial charge in [0, 0.05) is 34.0 Å². The van der Waals surface area contributed by atoms with Gasteiger partial charge in [-0.1, -0.05) is 173 Å². The topological polar surface area (TPSA) is 15.3 Å². The molecule has 0 aromatic heterocycles. The molecule has 1 heterocycles. The Bertz CT molecular complexity index is 2910. The maximum absolute atomic E-state index is 3.93. The fourth-order valence-electron chi connectivity index (χ4n) is 9.88. The van der Waals surface area contributed by atoms with Crippen molar-refractivity contribution in [2.45, 2.75) is 65.2 Å². The number of anilines is 5. The molecule has 0 fully saturated rings. The minimum Gasteiger partial charge on any atom is -0.355 e. The van der Waals surface area contributed by atoms with E-state index >= 15 is 0 Å². The largest absolute Gasteiger partial charge is 0.355 e. The first-order valence-electron chi connectivity index (χ1n) is 21.9. The van der Waals surface area contributed by atoms with Crippen molar-refractivity contribution in [2.24, 2.45) is 0 Å². The molecule has 0 radical (unpaired) electrons. The number of nitrogens with zero attached hydrogens (tertiary/aromatic N) is 1. The second kappa shape index (κ2) is 15.2. The first-order valence-corrected chi connectivity index (χ1v) is 21.9. The summed E-state index contributed by atoms with van der Waals surface area (Å²) in [6.07, 6.45) is 2.36. The predicted molar refractivity (Wildman–Crippen MR) is 264 cm³/mol. The summed E-state index contributed by atoms with van der Waals surface area (Å²) in [5.74, 6) is 0. The first kappa shape index (κ1) is 38.6. The molecule has 1 N–H and O–H groups in total. The number of hydrogen-bond acceptors (Lipinski definition) is 2. The van der Waals surface area contributed by atoms with E-state index in [1.54, 1.807) is 0 Å². The van der Waals surface area contributed by atoms with Crippen LogP contribution in [0.5, 0.6) is 0 Å². The third-order valence-corrected chi connectivity index (χ3v) is 13.5. The molecule has 0 atom stereocenters. The van der Waals surface area contributed by atoms with Crippen LogP contribution in [0.1, 0.15) is 62.8 Å². The molecule has 2 nitrogen and oxygen atoms in total. The number of rotatable bonds is 7. The van der Waals surface area contributed by atoms with Gasteiger partial charge in [-0.3, -0.25) is 0 Å². The van der Waals surface area contributed by atoms with Gasteiger partial charge in [0.05, 0.1) is 0 Å². The van der Waals surface area contributed by atoms with Crippen molar-refractivity contribution in [1.82, 2.24) is 0 Å². The average molecular weight is 789 g/mol. The highest BCUT2D eigenvalue weighted by atomic mass is 15.2. The Morgan fingerprint density at radius 2 is 0.984 bits per heavy atom. The molecule has 8 aromatic rings. The molecule has 0 saturated heterocycles. The smallest absolute Gasteiger partial charge is 0.198 e. The van der Waals surface area contributed by atoms with Crippen molar-refractivity contribution in [2.75, 3.05) is 10.2 Å². The Hall–Kier alpha value is -6.58. The van der Waals surface area contributed by atoms with Gasteiger partial charge >= 0.3 is 0 Å². The van der Waals surface area contributed by atoms with Crippen LogP contribution in [0.25, 0.3) is 44.5 Å². The van der Waals surface area contributed by atoms with E-state index in [1.165, 1.54) is 108 Å². The first-order chi connectivity index (χ1) is 29.5. The van der Waals surface area contributed by atoms with Gasteiger partial charge in [0.1, 0.15) is 0 Å². The lowest BCUT2D eigenvalue weighted by Crippen LogP contribution is -2.44. The second-order valence-electron chi connectivity index (χ2n) is 18.7. The fraction of sp³-hybridized carbons (Fsp3) is 0.172. The van der Waals surface area contributed by atoms with E-state index in [9.17, 15) is 0 Å². The Balaban J connectivity index is 1.18. The second-order valence-corrected chi connectivity index (χ2v) is 18.7. The normalized spacial score (nSPS) is 14.6. The molecule has 10 rings (SSSR count). The summed E-state index contributed by atoms with van der Waals surface area (Å²) in [7, 11) is 0.851. The summed E-state index contributed by atoms with van der Waals surface area (Å²) in [6, 6.07) is 65.0. The third kappa shape index (κ3) is 7.16. The van der Waals surface area contributed by atoms with Crippen molar-refractivity contribution < 1.29 is 0 Å². The summed E-state index contributed by atoms with van der Waals surface area (Å²) in [5, 5.41) is 3.93. The molecule has 0 spiro atoms. The molecular weight excluding hydrogens is 735 g/mol. The highest BCUT2D eigenvalue weighted by Gasteiger charge is 2.40. The van der Waals surface area contributed by atoms with Crippen LogP contribution in [-0.4, -0.2) is 7.28 Å². The Morgan fingerprint density at radius 3 is 1.61 bits per heavy atom. The van der Waals surface area contributed by atoms with Crippen LogP contribution in [0, 0.1) is 13.8 Å². The van der Waals surface area contributed by atoms with Crippen LogP contribution >= 0.6 is 0 Å². The van der Waals surface area contributed by atoms with Gasteiger partial charge in [0.25, 0.3) is 0 Å². The molecule has 0 bridgehead atoms. The molecule has 2 aliphatic rings. The molecule has 1 aliphatic heterocycles. The van der Waals surface area contributed by atoms with Gasteiger partial charge in [-0.05, 0) is 141 Å². The van der Waals surface area contributed by atoms with E-state index in [-0.39, 0.29) is 10.8 Å². The third-order valence-electron chi connectivity index (χ3n) is 13.5. The minimum absolute atomic E-state index is 0.0882. The maximum Gasteiger partial charge on any atom is 0.198 e. The molecule has 0 saturated carbocycles. The van der Waals surface area contributed by atoms with Gasteiger partial charge < -0.3 is 10.2 Å². The van der Waals surface area contributed by atoms with Gasteiger partial charge in [0.15, 0.2) is 7.28 Å². The SMILES string of the molecule is Cc1cc(-c2ccc(-c3ccccc3)cc2Nc2ccc(-c3ccccc3)cc2)c2c(c1)N(c1cc(-c3ccccc3)ccc1C)c1cc3c(cc1B2)C(C)(C)CCC3(C)C. The van der Waals surface area contributed by atoms with Gasteiger partial charge in [-0.2, -0.15) is 0 Å². The van der Waals surface area contributed by atoms with Crippen LogP contribution in [-0.2, 0) is 10.8 Å². The van der Waals surface area contributed by atoms with Gasteiger partial charge in [-0.25, -0.2) is 0 Å². The summed E-state index contributed by atoms with van der Waals surface area (Å²) >= 11 is 0. The number of nitrogens with one attached hydrogen (secondary N) is 1. The zero-order valence-electron chi connectivity index (χ0n) is 36.3. The van der Waals surface area contributed by atoms with E-state index in [2.05, 4.69) is 228 Å². The lowest BCUT2D eigenvalue weighted by Gasteiger charge is -2.44. The molecule has 1 aliphatic carbocycles. The molecular formula is C58H53BN2. The summed E-state index contributed by atoms with van der Waals surface area (Å²) in [4.78, 5) is 2.61. The number of fused-ring (bicyclic) bond motifs is 3. The summed E-state index contributed by atoms with van der Waals surface area (Å²) in [5.41, 5.74) is 24.1. The lowest BCUT2D eigenvalue weighted by atomic mass is 9.55. The molecule has 61 heavy (non-hydrogen) atoms. The van der Waals surface area contributed by atoms with Crippen LogP contribution in [0.3, 0.4) is 0 Å². The molecule has 0 unspecified atom stereocenters. The highest BCUT2D eigenvalue weighted by molar-refractivity contribution is 6.73. The van der Waals surface area contributed by atoms with Crippen LogP contribution < -0.4 is 21.1 Å². The van der Waals surface area contributed by atoms with Crippen LogP contribution in [0.15, 0.2) is 176 Å². The van der Waals surface area contributed by atoms with Gasteiger partial charge in [-0.15, -0.1) is 0 Å². The maximum atomic E-state index is 3.93. The Labute approximate surface area is 363 Å². The van der Waals surface area contributed by atoms with Crippen LogP contribution in [0.4, 0.5) is 28.4 Å². The Morgan fingerprint density at radius 1 is 0.459 bits per heavy atom. The van der Waals surface area contributed by atoms with Crippen molar-refractivity contribution >= 4 is 46.6 Å². The zero-order valence-corrected chi connectivity index (χ0v) is 36.3. The summed E-state index contributed by atoms with van der Waals surface area (Å²) < 4.78 is 0. The van der Waals surface area contributed by atoms with E-state index in [1.807, 2.05) is 0 Å². The van der Waals surface area contributed by atoms with E-state index < -0.39 is 0 Å². The monoisotopic (exact) mass is 788 g/mol. The predicted octanol–water partition coefficient (Wildman–Crippen LogP) is 14.2. The number of hydrogen-bond donors (Lipinski definition) is 1. The number of aryl methyl sites for hydroxylation is 2. The molecule has 8 aromatic carbocycles. The summed E-state index contributed by atoms with van der Waals surface area (Å²) in [6.45, 7) is 14.3. The molecule has 3 heteroatoms. The van der Waals surface area contributed by atoms with Crippen LogP contribution in [0.2, 0.25) is 0 Å². The van der Waals surface area contributed by atoms with E-state index in [0.717, 1.165) is 18.7 Å². The highest BCUT2D eigenvalue weighted by Crippen LogP contribution is 2.49. The molecule has 0 amide bonds. The van der Waals surface area contributed by atoms with E-state index in [0.29, 0.717) is 0 Å². The quantitative estimate of drug-likeness (QED) is 0.162. The standard InChI is InChI=1S/C58H53BN2/c1-38-32-48(47-29-26-44(41-18-12-8-13-19-41)34-52(47)60-46-27-24-43(25-28-46)40-16-10-7-11-17-40)56-55(33-38)61(53-35-45(23-22-39(53)2)42-20-14-9-15-21-42)54-37-50-49(36-51(54)59-56)57(3,4)30-31-58(50,5)6/h7-29,32-37,59-60H,30-31H2,1-6H3. The lowest BCUT2D eigenvalue weighted by molar-refractivity contribution is 0.332. The fourth-order valence-corrected chi connectivity index (χ4v) is 9.88. The van der Waals surface area contributed by atoms with Crippen molar-refractivity contribution in [3.63, 3.8) is 0 Å². The molecule has 298 valence electrons. The van der Waals surface area contributed by atoms with Gasteiger partial charge in [0.2, 0.25) is 0 Å². The van der Waals surface area contributed by atoms with Crippen molar-refractivity contribution in [1.29, 1.82) is 0 Å². The Kier molecular flexibility index (Phi) is 9.60. The minimum atomic E-state index is 0.0882. The van der Waals surface area contributed by atoms with Crippen molar-refractivity contribution in [3.05, 3.63) is 198 Å². The van der Waals surface area contributed by atoms with E-state index in [4.69, 9.17) is 0 Å².